The monoisotopic (exact) mass is 403 g/mol. The van der Waals surface area contributed by atoms with Gasteiger partial charge < -0.3 is 4.74 Å². The molecule has 4 heteroatoms. The standard InChI is InChI=1S/C27H21N3O/c1-4-10-21(11-5-1)20-31-27-25(18-23(19-28-27)22-12-6-2-7-13-22)26-16-17-29-30(26)24-14-8-3-9-15-24/h1-19H,20H2. The SMILES string of the molecule is c1ccc(COc2ncc(-c3ccccc3)cc2-c2ccnn2-c2ccccc2)cc1. The van der Waals surface area contributed by atoms with Crippen molar-refractivity contribution in [3.63, 3.8) is 0 Å². The second-order valence-electron chi connectivity index (χ2n) is 7.18. The molecule has 0 amide bonds. The molecule has 5 rings (SSSR count). The molecule has 0 aliphatic rings. The van der Waals surface area contributed by atoms with Crippen LogP contribution < -0.4 is 4.74 Å². The van der Waals surface area contributed by atoms with Crippen LogP contribution in [0.1, 0.15) is 5.56 Å². The second kappa shape index (κ2) is 8.67. The fourth-order valence-electron chi connectivity index (χ4n) is 3.55. The van der Waals surface area contributed by atoms with E-state index in [1.54, 1.807) is 6.20 Å². The Labute approximate surface area is 181 Å². The normalized spacial score (nSPS) is 10.7. The smallest absolute Gasteiger partial charge is 0.223 e. The van der Waals surface area contributed by atoms with Crippen LogP contribution in [0.15, 0.2) is 116 Å². The average Bonchev–Trinajstić information content (AvgIpc) is 3.34. The number of hydrogen-bond donors (Lipinski definition) is 0. The number of nitrogens with zero attached hydrogens (tertiary/aromatic N) is 3. The number of ether oxygens (including phenoxy) is 1. The first kappa shape index (κ1) is 18.8. The molecule has 0 fully saturated rings. The van der Waals surface area contributed by atoms with E-state index in [4.69, 9.17) is 9.72 Å². The van der Waals surface area contributed by atoms with Gasteiger partial charge in [-0.1, -0.05) is 78.9 Å². The number of hydrogen-bond acceptors (Lipinski definition) is 3. The fourth-order valence-corrected chi connectivity index (χ4v) is 3.55. The Balaban J connectivity index is 1.59. The minimum absolute atomic E-state index is 0.449. The van der Waals surface area contributed by atoms with Gasteiger partial charge in [-0.25, -0.2) is 9.67 Å². The maximum absolute atomic E-state index is 6.18. The van der Waals surface area contributed by atoms with E-state index in [1.165, 1.54) is 0 Å². The van der Waals surface area contributed by atoms with E-state index in [1.807, 2.05) is 95.8 Å². The molecule has 0 saturated carbocycles. The molecule has 3 aromatic carbocycles. The van der Waals surface area contributed by atoms with Crippen molar-refractivity contribution in [2.24, 2.45) is 0 Å². The molecule has 2 heterocycles. The lowest BCUT2D eigenvalue weighted by molar-refractivity contribution is 0.295. The largest absolute Gasteiger partial charge is 0.472 e. The van der Waals surface area contributed by atoms with Crippen LogP contribution in [0, 0.1) is 0 Å². The van der Waals surface area contributed by atoms with Gasteiger partial charge in [0.25, 0.3) is 0 Å². The quantitative estimate of drug-likeness (QED) is 0.340. The van der Waals surface area contributed by atoms with Crippen molar-refractivity contribution in [1.82, 2.24) is 14.8 Å². The van der Waals surface area contributed by atoms with Gasteiger partial charge in [0.15, 0.2) is 0 Å². The summed E-state index contributed by atoms with van der Waals surface area (Å²) >= 11 is 0. The summed E-state index contributed by atoms with van der Waals surface area (Å²) in [6.45, 7) is 0.449. The summed E-state index contributed by atoms with van der Waals surface area (Å²) in [5, 5.41) is 4.56. The lowest BCUT2D eigenvalue weighted by Gasteiger charge is -2.14. The predicted octanol–water partition coefficient (Wildman–Crippen LogP) is 6.18. The molecule has 0 unspecified atom stereocenters. The third-order valence-corrected chi connectivity index (χ3v) is 5.10. The minimum atomic E-state index is 0.449. The molecule has 0 radical (unpaired) electrons. The lowest BCUT2D eigenvalue weighted by atomic mass is 10.0. The Hall–Kier alpha value is -4.18. The van der Waals surface area contributed by atoms with E-state index in [-0.39, 0.29) is 0 Å². The Bertz CT molecular complexity index is 1270. The average molecular weight is 403 g/mol. The van der Waals surface area contributed by atoms with Crippen LogP contribution >= 0.6 is 0 Å². The van der Waals surface area contributed by atoms with E-state index in [2.05, 4.69) is 23.3 Å². The number of aromatic nitrogens is 3. The molecule has 0 N–H and O–H groups in total. The third-order valence-electron chi connectivity index (χ3n) is 5.10. The van der Waals surface area contributed by atoms with Crippen molar-refractivity contribution >= 4 is 0 Å². The van der Waals surface area contributed by atoms with Crippen molar-refractivity contribution in [2.75, 3.05) is 0 Å². The van der Waals surface area contributed by atoms with Gasteiger partial charge in [-0.05, 0) is 35.4 Å². The van der Waals surface area contributed by atoms with E-state index >= 15 is 0 Å². The third kappa shape index (κ3) is 4.09. The van der Waals surface area contributed by atoms with Gasteiger partial charge in [-0.15, -0.1) is 0 Å². The molecule has 5 aromatic rings. The molecule has 0 spiro atoms. The lowest BCUT2D eigenvalue weighted by Crippen LogP contribution is -2.03. The van der Waals surface area contributed by atoms with E-state index in [0.717, 1.165) is 33.6 Å². The maximum atomic E-state index is 6.18. The van der Waals surface area contributed by atoms with Gasteiger partial charge >= 0.3 is 0 Å². The van der Waals surface area contributed by atoms with Crippen molar-refractivity contribution in [1.29, 1.82) is 0 Å². The first-order chi connectivity index (χ1) is 15.4. The van der Waals surface area contributed by atoms with Crippen LogP contribution in [-0.4, -0.2) is 14.8 Å². The fraction of sp³-hybridized carbons (Fsp3) is 0.0370. The van der Waals surface area contributed by atoms with Crippen LogP contribution in [0.3, 0.4) is 0 Å². The van der Waals surface area contributed by atoms with Gasteiger partial charge in [-0.2, -0.15) is 5.10 Å². The first-order valence-electron chi connectivity index (χ1n) is 10.2. The topological polar surface area (TPSA) is 39.9 Å². The van der Waals surface area contributed by atoms with Crippen LogP contribution in [0.5, 0.6) is 5.88 Å². The summed E-state index contributed by atoms with van der Waals surface area (Å²) < 4.78 is 8.09. The number of pyridine rings is 1. The molecule has 150 valence electrons. The zero-order valence-electron chi connectivity index (χ0n) is 16.9. The molecule has 0 aliphatic heterocycles. The molecule has 0 aliphatic carbocycles. The number of para-hydroxylation sites is 1. The van der Waals surface area contributed by atoms with Crippen molar-refractivity contribution in [3.05, 3.63) is 121 Å². The number of rotatable bonds is 6. The van der Waals surface area contributed by atoms with Gasteiger partial charge in [0.1, 0.15) is 6.61 Å². The zero-order chi connectivity index (χ0) is 20.9. The minimum Gasteiger partial charge on any atom is -0.472 e. The number of benzene rings is 3. The van der Waals surface area contributed by atoms with Gasteiger partial charge in [0.05, 0.1) is 23.1 Å². The first-order valence-corrected chi connectivity index (χ1v) is 10.2. The highest BCUT2D eigenvalue weighted by Gasteiger charge is 2.16. The van der Waals surface area contributed by atoms with Crippen LogP contribution in [0.25, 0.3) is 28.1 Å². The Kier molecular flexibility index (Phi) is 5.27. The molecule has 0 saturated heterocycles. The van der Waals surface area contributed by atoms with E-state index in [0.29, 0.717) is 12.5 Å². The summed E-state index contributed by atoms with van der Waals surface area (Å²) in [7, 11) is 0. The molecule has 2 aromatic heterocycles. The van der Waals surface area contributed by atoms with Crippen LogP contribution in [0.2, 0.25) is 0 Å². The summed E-state index contributed by atoms with van der Waals surface area (Å²) in [6.07, 6.45) is 3.67. The highest BCUT2D eigenvalue weighted by atomic mass is 16.5. The van der Waals surface area contributed by atoms with Crippen molar-refractivity contribution in [2.45, 2.75) is 6.61 Å². The highest BCUT2D eigenvalue weighted by Crippen LogP contribution is 2.34. The van der Waals surface area contributed by atoms with Gasteiger partial charge in [0.2, 0.25) is 5.88 Å². The summed E-state index contributed by atoms with van der Waals surface area (Å²) in [5.41, 5.74) is 6.05. The second-order valence-corrected chi connectivity index (χ2v) is 7.18. The highest BCUT2D eigenvalue weighted by molar-refractivity contribution is 5.74. The molecule has 4 nitrogen and oxygen atoms in total. The molecular formula is C27H21N3O. The summed E-state index contributed by atoms with van der Waals surface area (Å²) in [5.74, 6) is 0.584. The van der Waals surface area contributed by atoms with Crippen LogP contribution in [0.4, 0.5) is 0 Å². The molecule has 0 bridgehead atoms. The predicted molar refractivity (Wildman–Crippen MR) is 123 cm³/mol. The van der Waals surface area contributed by atoms with Gasteiger partial charge in [0, 0.05) is 11.8 Å². The van der Waals surface area contributed by atoms with Crippen molar-refractivity contribution in [3.8, 4) is 34.0 Å². The van der Waals surface area contributed by atoms with Crippen molar-refractivity contribution < 1.29 is 4.74 Å². The van der Waals surface area contributed by atoms with E-state index in [9.17, 15) is 0 Å². The molecule has 31 heavy (non-hydrogen) atoms. The summed E-state index contributed by atoms with van der Waals surface area (Å²) in [4.78, 5) is 4.70. The zero-order valence-corrected chi connectivity index (χ0v) is 16.9. The van der Waals surface area contributed by atoms with E-state index < -0.39 is 0 Å². The Morgan fingerprint density at radius 1 is 0.710 bits per heavy atom. The summed E-state index contributed by atoms with van der Waals surface area (Å²) in [6, 6.07) is 34.6. The van der Waals surface area contributed by atoms with Gasteiger partial charge in [-0.3, -0.25) is 0 Å². The molecular weight excluding hydrogens is 382 g/mol. The molecule has 0 atom stereocenters. The Morgan fingerprint density at radius 3 is 2.13 bits per heavy atom. The van der Waals surface area contributed by atoms with Crippen LogP contribution in [-0.2, 0) is 6.61 Å². The maximum Gasteiger partial charge on any atom is 0.223 e. The Morgan fingerprint density at radius 2 is 1.39 bits per heavy atom.